The van der Waals surface area contributed by atoms with E-state index < -0.39 is 0 Å². The van der Waals surface area contributed by atoms with Gasteiger partial charge in [-0.2, -0.15) is 0 Å². The number of aryl methyl sites for hydroxylation is 1. The Balaban J connectivity index is 1.68. The van der Waals surface area contributed by atoms with E-state index >= 15 is 0 Å². The summed E-state index contributed by atoms with van der Waals surface area (Å²) in [5.41, 5.74) is 3.39. The fourth-order valence-electron chi connectivity index (χ4n) is 3.66. The molecule has 26 heavy (non-hydrogen) atoms. The summed E-state index contributed by atoms with van der Waals surface area (Å²) in [5, 5.41) is 3.26. The van der Waals surface area contributed by atoms with Crippen LogP contribution in [0.2, 0.25) is 0 Å². The molecule has 2 aromatic rings. The molecule has 0 spiro atoms. The van der Waals surface area contributed by atoms with E-state index in [9.17, 15) is 4.79 Å². The Bertz CT molecular complexity index is 691. The molecule has 4 heteroatoms. The number of carbonyl (C=O) groups excluding carboxylic acids is 1. The lowest BCUT2D eigenvalue weighted by Crippen LogP contribution is -2.36. The number of likely N-dealkylation sites (tertiary alicyclic amines) is 1. The average molecular weight is 351 g/mol. The maximum Gasteiger partial charge on any atom is 0.221 e. The van der Waals surface area contributed by atoms with Gasteiger partial charge in [-0.25, -0.2) is 0 Å². The number of rotatable bonds is 6. The summed E-state index contributed by atoms with van der Waals surface area (Å²) in [5.74, 6) is 0.635. The van der Waals surface area contributed by atoms with Crippen LogP contribution in [0.5, 0.6) is 0 Å². The van der Waals surface area contributed by atoms with E-state index in [2.05, 4.69) is 53.3 Å². The maximum atomic E-state index is 12.7. The Kier molecular flexibility index (Phi) is 6.40. The van der Waals surface area contributed by atoms with Crippen molar-refractivity contribution in [2.75, 3.05) is 19.6 Å². The van der Waals surface area contributed by atoms with Crippen LogP contribution in [0, 0.1) is 12.8 Å². The van der Waals surface area contributed by atoms with Gasteiger partial charge in [-0.1, -0.05) is 36.8 Å². The van der Waals surface area contributed by atoms with E-state index in [-0.39, 0.29) is 11.9 Å². The molecule has 0 bridgehead atoms. The third kappa shape index (κ3) is 4.92. The molecule has 0 unspecified atom stereocenters. The van der Waals surface area contributed by atoms with Crippen molar-refractivity contribution in [2.24, 2.45) is 5.92 Å². The number of benzene rings is 1. The minimum absolute atomic E-state index is 0.123. The first-order valence-corrected chi connectivity index (χ1v) is 9.64. The molecule has 3 rings (SSSR count). The minimum Gasteiger partial charge on any atom is -0.345 e. The zero-order valence-corrected chi connectivity index (χ0v) is 15.8. The number of piperidine rings is 1. The number of nitrogens with zero attached hydrogens (tertiary/aromatic N) is 2. The Morgan fingerprint density at radius 3 is 2.35 bits per heavy atom. The number of aromatic nitrogens is 1. The third-order valence-electron chi connectivity index (χ3n) is 5.38. The highest BCUT2D eigenvalue weighted by atomic mass is 16.1. The van der Waals surface area contributed by atoms with Gasteiger partial charge in [-0.05, 0) is 68.6 Å². The normalized spacial score (nSPS) is 17.0. The van der Waals surface area contributed by atoms with Gasteiger partial charge in [-0.15, -0.1) is 0 Å². The monoisotopic (exact) mass is 351 g/mol. The van der Waals surface area contributed by atoms with Gasteiger partial charge in [0.25, 0.3) is 0 Å². The Morgan fingerprint density at radius 2 is 1.73 bits per heavy atom. The summed E-state index contributed by atoms with van der Waals surface area (Å²) < 4.78 is 0. The fourth-order valence-corrected chi connectivity index (χ4v) is 3.66. The molecule has 1 saturated heterocycles. The van der Waals surface area contributed by atoms with E-state index in [4.69, 9.17) is 0 Å². The van der Waals surface area contributed by atoms with Crippen molar-refractivity contribution in [3.8, 4) is 0 Å². The standard InChI is InChI=1S/C22H29N3O/c1-3-25-14-10-18(11-15-25)16-21(26)24-22(20-8-12-23-13-9-20)19-6-4-17(2)5-7-19/h4-9,12-13,18,22H,3,10-11,14-16H2,1-2H3,(H,24,26)/t22-/m0/s1. The first kappa shape index (κ1) is 18.6. The summed E-state index contributed by atoms with van der Waals surface area (Å²) in [7, 11) is 0. The van der Waals surface area contributed by atoms with Crippen LogP contribution >= 0.6 is 0 Å². The van der Waals surface area contributed by atoms with Crippen LogP contribution < -0.4 is 5.32 Å². The van der Waals surface area contributed by atoms with E-state index in [1.165, 1.54) is 5.56 Å². The lowest BCUT2D eigenvalue weighted by molar-refractivity contribution is -0.122. The smallest absolute Gasteiger partial charge is 0.221 e. The van der Waals surface area contributed by atoms with Gasteiger partial charge >= 0.3 is 0 Å². The second-order valence-electron chi connectivity index (χ2n) is 7.27. The van der Waals surface area contributed by atoms with Crippen LogP contribution in [0.1, 0.15) is 48.9 Å². The molecular formula is C22H29N3O. The number of hydrogen-bond acceptors (Lipinski definition) is 3. The quantitative estimate of drug-likeness (QED) is 0.863. The van der Waals surface area contributed by atoms with Crippen LogP contribution in [0.25, 0.3) is 0 Å². The molecule has 0 aliphatic carbocycles. The van der Waals surface area contributed by atoms with Gasteiger partial charge in [0.05, 0.1) is 6.04 Å². The number of amides is 1. The van der Waals surface area contributed by atoms with Gasteiger partial charge in [-0.3, -0.25) is 9.78 Å². The van der Waals surface area contributed by atoms with Crippen LogP contribution in [-0.4, -0.2) is 35.4 Å². The summed E-state index contributed by atoms with van der Waals surface area (Å²) in [6, 6.07) is 12.2. The molecule has 1 fully saturated rings. The van der Waals surface area contributed by atoms with Gasteiger partial charge in [0.15, 0.2) is 0 Å². The molecule has 1 aliphatic rings. The molecule has 1 N–H and O–H groups in total. The molecule has 1 aromatic heterocycles. The topological polar surface area (TPSA) is 45.2 Å². The number of pyridine rings is 1. The third-order valence-corrected chi connectivity index (χ3v) is 5.38. The first-order chi connectivity index (χ1) is 12.7. The number of carbonyl (C=O) groups is 1. The molecule has 0 radical (unpaired) electrons. The Morgan fingerprint density at radius 1 is 1.12 bits per heavy atom. The van der Waals surface area contributed by atoms with E-state index in [1.807, 2.05) is 12.1 Å². The van der Waals surface area contributed by atoms with Crippen molar-refractivity contribution in [1.29, 1.82) is 0 Å². The molecular weight excluding hydrogens is 322 g/mol. The zero-order valence-electron chi connectivity index (χ0n) is 15.8. The largest absolute Gasteiger partial charge is 0.345 e. The van der Waals surface area contributed by atoms with Gasteiger partial charge in [0.2, 0.25) is 5.91 Å². The van der Waals surface area contributed by atoms with Crippen molar-refractivity contribution >= 4 is 5.91 Å². The summed E-state index contributed by atoms with van der Waals surface area (Å²) in [4.78, 5) is 19.3. The number of nitrogens with one attached hydrogen (secondary N) is 1. The Hall–Kier alpha value is -2.20. The highest BCUT2D eigenvalue weighted by Gasteiger charge is 2.23. The molecule has 1 atom stereocenters. The molecule has 0 saturated carbocycles. The summed E-state index contributed by atoms with van der Waals surface area (Å²) >= 11 is 0. The lowest BCUT2D eigenvalue weighted by atomic mass is 9.92. The van der Waals surface area contributed by atoms with E-state index in [0.717, 1.165) is 43.6 Å². The predicted octanol–water partition coefficient (Wildman–Crippen LogP) is 3.72. The second-order valence-corrected chi connectivity index (χ2v) is 7.27. The summed E-state index contributed by atoms with van der Waals surface area (Å²) in [6.45, 7) is 7.61. The maximum absolute atomic E-state index is 12.7. The molecule has 2 heterocycles. The van der Waals surface area contributed by atoms with Gasteiger partial charge in [0.1, 0.15) is 0 Å². The SMILES string of the molecule is CCN1CCC(CC(=O)N[C@H](c2ccncc2)c2ccc(C)cc2)CC1. The van der Waals surface area contributed by atoms with Crippen LogP contribution in [0.4, 0.5) is 0 Å². The van der Waals surface area contributed by atoms with Crippen LogP contribution in [-0.2, 0) is 4.79 Å². The van der Waals surface area contributed by atoms with E-state index in [1.54, 1.807) is 12.4 Å². The van der Waals surface area contributed by atoms with Crippen molar-refractivity contribution in [3.63, 3.8) is 0 Å². The number of hydrogen-bond donors (Lipinski definition) is 1. The van der Waals surface area contributed by atoms with Crippen molar-refractivity contribution < 1.29 is 4.79 Å². The molecule has 1 aliphatic heterocycles. The second kappa shape index (κ2) is 8.95. The van der Waals surface area contributed by atoms with Crippen LogP contribution in [0.15, 0.2) is 48.8 Å². The zero-order chi connectivity index (χ0) is 18.4. The van der Waals surface area contributed by atoms with Crippen molar-refractivity contribution in [2.45, 2.75) is 39.2 Å². The molecule has 1 aromatic carbocycles. The molecule has 138 valence electrons. The van der Waals surface area contributed by atoms with Crippen molar-refractivity contribution in [1.82, 2.24) is 15.2 Å². The van der Waals surface area contributed by atoms with Gasteiger partial charge in [0, 0.05) is 18.8 Å². The summed E-state index contributed by atoms with van der Waals surface area (Å²) in [6.07, 6.45) is 6.41. The fraction of sp³-hybridized carbons (Fsp3) is 0.455. The predicted molar refractivity (Wildman–Crippen MR) is 105 cm³/mol. The average Bonchev–Trinajstić information content (AvgIpc) is 2.68. The molecule has 1 amide bonds. The Labute approximate surface area is 156 Å². The molecule has 4 nitrogen and oxygen atoms in total. The van der Waals surface area contributed by atoms with Gasteiger partial charge < -0.3 is 10.2 Å². The van der Waals surface area contributed by atoms with Crippen molar-refractivity contribution in [3.05, 3.63) is 65.5 Å². The first-order valence-electron chi connectivity index (χ1n) is 9.64. The minimum atomic E-state index is -0.123. The highest BCUT2D eigenvalue weighted by Crippen LogP contribution is 2.24. The van der Waals surface area contributed by atoms with E-state index in [0.29, 0.717) is 12.3 Å². The highest BCUT2D eigenvalue weighted by molar-refractivity contribution is 5.77. The lowest BCUT2D eigenvalue weighted by Gasteiger charge is -2.31. The van der Waals surface area contributed by atoms with Crippen LogP contribution in [0.3, 0.4) is 0 Å².